The van der Waals surface area contributed by atoms with Crippen molar-refractivity contribution in [1.29, 1.82) is 0 Å². The lowest BCUT2D eigenvalue weighted by atomic mass is 10.0. The Hall–Kier alpha value is -2.50. The predicted molar refractivity (Wildman–Crippen MR) is 94.8 cm³/mol. The third kappa shape index (κ3) is 4.13. The van der Waals surface area contributed by atoms with Crippen LogP contribution in [0.5, 0.6) is 5.75 Å². The molecule has 1 atom stereocenters. The van der Waals surface area contributed by atoms with E-state index >= 15 is 0 Å². The Morgan fingerprint density at radius 2 is 2.20 bits per heavy atom. The van der Waals surface area contributed by atoms with Gasteiger partial charge in [-0.15, -0.1) is 0 Å². The Morgan fingerprint density at radius 3 is 3.00 bits per heavy atom. The molecule has 0 saturated heterocycles. The van der Waals surface area contributed by atoms with E-state index in [1.165, 1.54) is 0 Å². The summed E-state index contributed by atoms with van der Waals surface area (Å²) in [6.45, 7) is 6.82. The van der Waals surface area contributed by atoms with E-state index in [4.69, 9.17) is 9.15 Å². The Kier molecular flexibility index (Phi) is 5.26. The van der Waals surface area contributed by atoms with Crippen molar-refractivity contribution in [2.24, 2.45) is 0 Å². The fourth-order valence-corrected chi connectivity index (χ4v) is 3.05. The molecule has 1 aromatic carbocycles. The summed E-state index contributed by atoms with van der Waals surface area (Å²) in [6.07, 6.45) is 2.56. The number of aryl methyl sites for hydroxylation is 3. The fraction of sp³-hybridized carbons (Fsp3) is 0.474. The van der Waals surface area contributed by atoms with Gasteiger partial charge in [-0.25, -0.2) is 9.78 Å². The van der Waals surface area contributed by atoms with Crippen LogP contribution in [0.25, 0.3) is 0 Å². The van der Waals surface area contributed by atoms with Gasteiger partial charge in [0.15, 0.2) is 5.89 Å². The van der Waals surface area contributed by atoms with Gasteiger partial charge in [0.1, 0.15) is 18.1 Å². The zero-order valence-electron chi connectivity index (χ0n) is 15.0. The molecule has 134 valence electrons. The number of nitrogens with one attached hydrogen (secondary N) is 2. The molecular formula is C19H25N3O3. The lowest BCUT2D eigenvalue weighted by Gasteiger charge is -2.27. The second-order valence-electron chi connectivity index (χ2n) is 6.47. The van der Waals surface area contributed by atoms with Gasteiger partial charge in [-0.3, -0.25) is 0 Å². The van der Waals surface area contributed by atoms with E-state index in [9.17, 15) is 4.79 Å². The molecule has 1 aliphatic rings. The second kappa shape index (κ2) is 7.59. The van der Waals surface area contributed by atoms with Crippen molar-refractivity contribution in [1.82, 2.24) is 15.6 Å². The SMILES string of the molecule is CCCc1nc(C)c(CNC(=O)NC2COc3c(C)cccc3C2)o1. The normalized spacial score (nSPS) is 16.0. The van der Waals surface area contributed by atoms with Crippen LogP contribution in [-0.4, -0.2) is 23.7 Å². The highest BCUT2D eigenvalue weighted by Crippen LogP contribution is 2.28. The molecule has 6 nitrogen and oxygen atoms in total. The quantitative estimate of drug-likeness (QED) is 0.875. The number of aromatic nitrogens is 1. The highest BCUT2D eigenvalue weighted by molar-refractivity contribution is 5.74. The first kappa shape index (κ1) is 17.3. The summed E-state index contributed by atoms with van der Waals surface area (Å²) in [4.78, 5) is 16.5. The van der Waals surface area contributed by atoms with Crippen molar-refractivity contribution in [2.75, 3.05) is 6.61 Å². The lowest BCUT2D eigenvalue weighted by molar-refractivity contribution is 0.213. The van der Waals surface area contributed by atoms with E-state index in [1.54, 1.807) is 0 Å². The van der Waals surface area contributed by atoms with E-state index in [-0.39, 0.29) is 12.1 Å². The zero-order chi connectivity index (χ0) is 17.8. The number of oxazole rings is 1. The smallest absolute Gasteiger partial charge is 0.315 e. The van der Waals surface area contributed by atoms with Crippen molar-refractivity contribution in [3.05, 3.63) is 46.7 Å². The molecule has 0 saturated carbocycles. The average Bonchev–Trinajstić information content (AvgIpc) is 2.93. The Bertz CT molecular complexity index is 754. The van der Waals surface area contributed by atoms with Crippen LogP contribution in [0.2, 0.25) is 0 Å². The van der Waals surface area contributed by atoms with E-state index < -0.39 is 0 Å². The molecule has 1 unspecified atom stereocenters. The summed E-state index contributed by atoms with van der Waals surface area (Å²) in [7, 11) is 0. The van der Waals surface area contributed by atoms with E-state index in [2.05, 4.69) is 22.5 Å². The number of fused-ring (bicyclic) bond motifs is 1. The summed E-state index contributed by atoms with van der Waals surface area (Å²) in [5, 5.41) is 5.80. The molecule has 25 heavy (non-hydrogen) atoms. The van der Waals surface area contributed by atoms with Crippen molar-refractivity contribution in [3.63, 3.8) is 0 Å². The minimum Gasteiger partial charge on any atom is -0.491 e. The van der Waals surface area contributed by atoms with Crippen LogP contribution >= 0.6 is 0 Å². The maximum atomic E-state index is 12.2. The van der Waals surface area contributed by atoms with E-state index in [0.29, 0.717) is 18.9 Å². The number of para-hydroxylation sites is 1. The molecule has 0 radical (unpaired) electrons. The summed E-state index contributed by atoms with van der Waals surface area (Å²) in [6, 6.07) is 5.83. The number of urea groups is 1. The third-order valence-electron chi connectivity index (χ3n) is 4.33. The number of carbonyl (C=O) groups is 1. The van der Waals surface area contributed by atoms with Gasteiger partial charge in [0, 0.05) is 6.42 Å². The molecule has 1 aliphatic heterocycles. The predicted octanol–water partition coefficient (Wildman–Crippen LogP) is 3.05. The molecule has 2 heterocycles. The molecule has 0 aliphatic carbocycles. The minimum atomic E-state index is -0.224. The zero-order valence-corrected chi connectivity index (χ0v) is 15.0. The Morgan fingerprint density at radius 1 is 1.36 bits per heavy atom. The molecule has 2 amide bonds. The first-order valence-corrected chi connectivity index (χ1v) is 8.77. The largest absolute Gasteiger partial charge is 0.491 e. The molecule has 2 N–H and O–H groups in total. The summed E-state index contributed by atoms with van der Waals surface area (Å²) < 4.78 is 11.5. The molecule has 0 bridgehead atoms. The maximum Gasteiger partial charge on any atom is 0.315 e. The topological polar surface area (TPSA) is 76.4 Å². The van der Waals surface area contributed by atoms with Gasteiger partial charge < -0.3 is 19.8 Å². The van der Waals surface area contributed by atoms with Crippen LogP contribution in [0, 0.1) is 13.8 Å². The van der Waals surface area contributed by atoms with Gasteiger partial charge in [0.25, 0.3) is 0 Å². The summed E-state index contributed by atoms with van der Waals surface area (Å²) in [5.74, 6) is 2.38. The minimum absolute atomic E-state index is 0.0409. The summed E-state index contributed by atoms with van der Waals surface area (Å²) >= 11 is 0. The molecule has 2 aromatic rings. The first-order chi connectivity index (χ1) is 12.1. The first-order valence-electron chi connectivity index (χ1n) is 8.77. The van der Waals surface area contributed by atoms with Gasteiger partial charge in [0.2, 0.25) is 0 Å². The van der Waals surface area contributed by atoms with Gasteiger partial charge in [-0.05, 0) is 37.8 Å². The maximum absolute atomic E-state index is 12.2. The van der Waals surface area contributed by atoms with E-state index in [1.807, 2.05) is 32.0 Å². The number of ether oxygens (including phenoxy) is 1. The molecule has 1 aromatic heterocycles. The number of rotatable bonds is 5. The number of hydrogen-bond acceptors (Lipinski definition) is 4. The van der Waals surface area contributed by atoms with Crippen LogP contribution in [0.4, 0.5) is 4.79 Å². The van der Waals surface area contributed by atoms with Crippen LogP contribution in [0.3, 0.4) is 0 Å². The molecule has 0 spiro atoms. The average molecular weight is 343 g/mol. The van der Waals surface area contributed by atoms with Crippen LogP contribution in [0.1, 0.15) is 41.8 Å². The fourth-order valence-electron chi connectivity index (χ4n) is 3.05. The lowest BCUT2D eigenvalue weighted by Crippen LogP contribution is -2.47. The highest BCUT2D eigenvalue weighted by Gasteiger charge is 2.22. The van der Waals surface area contributed by atoms with Gasteiger partial charge in [0.05, 0.1) is 18.3 Å². The number of amides is 2. The van der Waals surface area contributed by atoms with Crippen molar-refractivity contribution >= 4 is 6.03 Å². The monoisotopic (exact) mass is 343 g/mol. The number of carbonyl (C=O) groups excluding carboxylic acids is 1. The third-order valence-corrected chi connectivity index (χ3v) is 4.33. The van der Waals surface area contributed by atoms with Crippen molar-refractivity contribution in [2.45, 2.75) is 52.6 Å². The second-order valence-corrected chi connectivity index (χ2v) is 6.47. The number of hydrogen-bond donors (Lipinski definition) is 2. The number of nitrogens with zero attached hydrogens (tertiary/aromatic N) is 1. The molecule has 0 fully saturated rings. The van der Waals surface area contributed by atoms with Crippen LogP contribution < -0.4 is 15.4 Å². The van der Waals surface area contributed by atoms with Crippen molar-refractivity contribution < 1.29 is 13.9 Å². The molecule has 3 rings (SSSR count). The van der Waals surface area contributed by atoms with Gasteiger partial charge in [-0.2, -0.15) is 0 Å². The Labute approximate surface area is 148 Å². The van der Waals surface area contributed by atoms with Gasteiger partial charge in [-0.1, -0.05) is 25.1 Å². The van der Waals surface area contributed by atoms with E-state index in [0.717, 1.165) is 47.7 Å². The number of benzene rings is 1. The van der Waals surface area contributed by atoms with Crippen LogP contribution in [0.15, 0.2) is 22.6 Å². The summed E-state index contributed by atoms with van der Waals surface area (Å²) in [5.41, 5.74) is 3.09. The standard InChI is InChI=1S/C19H25N3O3/c1-4-6-17-21-13(3)16(25-17)10-20-19(23)22-15-9-14-8-5-7-12(2)18(14)24-11-15/h5,7-8,15H,4,6,9-11H2,1-3H3,(H2,20,22,23). The Balaban J connectivity index is 1.52. The highest BCUT2D eigenvalue weighted by atomic mass is 16.5. The van der Waals surface area contributed by atoms with Crippen LogP contribution in [-0.2, 0) is 19.4 Å². The molecule has 6 heteroatoms. The van der Waals surface area contributed by atoms with Crippen molar-refractivity contribution in [3.8, 4) is 5.75 Å². The van der Waals surface area contributed by atoms with Gasteiger partial charge >= 0.3 is 6.03 Å². The molecular weight excluding hydrogens is 318 g/mol.